The maximum absolute atomic E-state index is 12.6. The zero-order chi connectivity index (χ0) is 16.4. The van der Waals surface area contributed by atoms with Gasteiger partial charge in [0.15, 0.2) is 0 Å². The van der Waals surface area contributed by atoms with E-state index in [-0.39, 0.29) is 5.91 Å². The second-order valence-electron chi connectivity index (χ2n) is 6.76. The first-order chi connectivity index (χ1) is 11.8. The van der Waals surface area contributed by atoms with E-state index in [2.05, 4.69) is 33.9 Å². The summed E-state index contributed by atoms with van der Waals surface area (Å²) in [6, 6.07) is 8.50. The van der Waals surface area contributed by atoms with Gasteiger partial charge in [-0.15, -0.1) is 0 Å². The second kappa shape index (κ2) is 6.67. The molecule has 0 spiro atoms. The van der Waals surface area contributed by atoms with Gasteiger partial charge in [0, 0.05) is 25.0 Å². The van der Waals surface area contributed by atoms with Gasteiger partial charge in [-0.25, -0.2) is 0 Å². The van der Waals surface area contributed by atoms with Crippen molar-refractivity contribution in [2.24, 2.45) is 0 Å². The summed E-state index contributed by atoms with van der Waals surface area (Å²) in [4.78, 5) is 12.6. The lowest BCUT2D eigenvalue weighted by Crippen LogP contribution is -2.27. The van der Waals surface area contributed by atoms with Gasteiger partial charge in [-0.1, -0.05) is 25.0 Å². The molecule has 1 amide bonds. The van der Waals surface area contributed by atoms with Crippen LogP contribution in [0.25, 0.3) is 0 Å². The highest BCUT2D eigenvalue weighted by atomic mass is 16.2. The van der Waals surface area contributed by atoms with Crippen LogP contribution in [0.5, 0.6) is 0 Å². The van der Waals surface area contributed by atoms with Crippen molar-refractivity contribution in [3.05, 3.63) is 47.3 Å². The van der Waals surface area contributed by atoms with E-state index in [9.17, 15) is 4.79 Å². The topological polar surface area (TPSA) is 59.0 Å². The van der Waals surface area contributed by atoms with Gasteiger partial charge >= 0.3 is 0 Å². The number of amides is 1. The van der Waals surface area contributed by atoms with Gasteiger partial charge in [-0.2, -0.15) is 5.10 Å². The van der Waals surface area contributed by atoms with Crippen LogP contribution < -0.4 is 10.6 Å². The molecule has 24 heavy (non-hydrogen) atoms. The van der Waals surface area contributed by atoms with Crippen LogP contribution >= 0.6 is 0 Å². The number of carbonyl (C=O) groups is 1. The first-order valence-corrected chi connectivity index (χ1v) is 8.99. The van der Waals surface area contributed by atoms with E-state index >= 15 is 0 Å². The number of fused-ring (bicyclic) bond motifs is 1. The van der Waals surface area contributed by atoms with Crippen molar-refractivity contribution in [1.82, 2.24) is 15.1 Å². The minimum absolute atomic E-state index is 0.0271. The first-order valence-electron chi connectivity index (χ1n) is 8.99. The highest BCUT2D eigenvalue weighted by Gasteiger charge is 2.22. The molecular formula is C19H24N4O. The number of hydrogen-bond donors (Lipinski definition) is 2. The number of aromatic nitrogens is 2. The molecule has 0 unspecified atom stereocenters. The molecule has 126 valence electrons. The van der Waals surface area contributed by atoms with Crippen molar-refractivity contribution in [1.29, 1.82) is 0 Å². The summed E-state index contributed by atoms with van der Waals surface area (Å²) in [6.07, 6.45) is 8.67. The van der Waals surface area contributed by atoms with E-state index in [0.717, 1.165) is 32.2 Å². The molecule has 1 saturated carbocycles. The van der Waals surface area contributed by atoms with Crippen molar-refractivity contribution in [3.63, 3.8) is 0 Å². The Bertz CT molecular complexity index is 731. The van der Waals surface area contributed by atoms with Crippen LogP contribution in [-0.2, 0) is 13.0 Å². The van der Waals surface area contributed by atoms with Gasteiger partial charge < -0.3 is 10.6 Å². The zero-order valence-electron chi connectivity index (χ0n) is 13.9. The normalized spacial score (nSPS) is 17.3. The van der Waals surface area contributed by atoms with Crippen LogP contribution in [0.4, 0.5) is 5.69 Å². The van der Waals surface area contributed by atoms with E-state index in [0.29, 0.717) is 18.3 Å². The lowest BCUT2D eigenvalue weighted by atomic mass is 9.97. The van der Waals surface area contributed by atoms with E-state index in [1.807, 2.05) is 10.7 Å². The number of anilines is 1. The second-order valence-corrected chi connectivity index (χ2v) is 6.76. The van der Waals surface area contributed by atoms with E-state index in [1.165, 1.54) is 29.7 Å². The molecule has 0 saturated heterocycles. The maximum atomic E-state index is 12.6. The highest BCUT2D eigenvalue weighted by molar-refractivity contribution is 5.92. The van der Waals surface area contributed by atoms with Gasteiger partial charge in [0.05, 0.1) is 6.04 Å². The van der Waals surface area contributed by atoms with Gasteiger partial charge in [-0.3, -0.25) is 9.48 Å². The molecule has 2 heterocycles. The molecule has 2 N–H and O–H groups in total. The molecular weight excluding hydrogens is 300 g/mol. The molecule has 1 aromatic heterocycles. The van der Waals surface area contributed by atoms with Gasteiger partial charge in [0.2, 0.25) is 0 Å². The van der Waals surface area contributed by atoms with E-state index in [4.69, 9.17) is 0 Å². The fourth-order valence-corrected chi connectivity index (χ4v) is 3.95. The summed E-state index contributed by atoms with van der Waals surface area (Å²) in [6.45, 7) is 1.60. The zero-order valence-corrected chi connectivity index (χ0v) is 13.9. The number of nitrogens with one attached hydrogen (secondary N) is 2. The maximum Gasteiger partial charge on any atom is 0.269 e. The Morgan fingerprint density at radius 1 is 1.25 bits per heavy atom. The summed E-state index contributed by atoms with van der Waals surface area (Å²) < 4.78 is 1.92. The van der Waals surface area contributed by atoms with Crippen LogP contribution in [-0.4, -0.2) is 22.2 Å². The Balaban J connectivity index is 1.47. The third-order valence-corrected chi connectivity index (χ3v) is 5.20. The Morgan fingerprint density at radius 3 is 3.00 bits per heavy atom. The van der Waals surface area contributed by atoms with Crippen LogP contribution in [0.1, 0.15) is 59.8 Å². The Labute approximate surface area is 142 Å². The van der Waals surface area contributed by atoms with E-state index < -0.39 is 0 Å². The van der Waals surface area contributed by atoms with Crippen molar-refractivity contribution >= 4 is 11.6 Å². The molecule has 5 nitrogen and oxygen atoms in total. The van der Waals surface area contributed by atoms with Crippen LogP contribution in [0.3, 0.4) is 0 Å². The summed E-state index contributed by atoms with van der Waals surface area (Å²) >= 11 is 0. The van der Waals surface area contributed by atoms with Crippen molar-refractivity contribution in [2.75, 3.05) is 11.9 Å². The van der Waals surface area contributed by atoms with E-state index in [1.54, 1.807) is 6.20 Å². The number of carbonyl (C=O) groups excluding carboxylic acids is 1. The quantitative estimate of drug-likeness (QED) is 0.907. The van der Waals surface area contributed by atoms with Crippen LogP contribution in [0, 0.1) is 0 Å². The molecule has 5 heteroatoms. The van der Waals surface area contributed by atoms with Gasteiger partial charge in [0.1, 0.15) is 5.69 Å². The molecule has 2 aliphatic rings. The number of nitrogens with zero attached hydrogens (tertiary/aromatic N) is 2. The largest absolute Gasteiger partial charge is 0.385 e. The summed E-state index contributed by atoms with van der Waals surface area (Å²) in [5, 5.41) is 10.9. The third kappa shape index (κ3) is 2.90. The van der Waals surface area contributed by atoms with Crippen molar-refractivity contribution in [3.8, 4) is 0 Å². The minimum atomic E-state index is -0.0271. The average Bonchev–Trinajstić information content (AvgIpc) is 3.30. The van der Waals surface area contributed by atoms with Gasteiger partial charge in [0.25, 0.3) is 5.91 Å². The summed E-state index contributed by atoms with van der Waals surface area (Å²) in [5.41, 5.74) is 4.45. The van der Waals surface area contributed by atoms with Crippen LogP contribution in [0.15, 0.2) is 30.5 Å². The summed E-state index contributed by atoms with van der Waals surface area (Å²) in [5.74, 6) is -0.0271. The molecule has 1 aliphatic heterocycles. The standard InChI is InChI=1S/C19H24N4O/c24-19(18-10-12-22-23(18)15-6-1-2-7-15)21-13-14-5-3-9-17-16(14)8-4-11-20-17/h3,5,9-10,12,15,20H,1-2,4,6-8,11,13H2,(H,21,24). The highest BCUT2D eigenvalue weighted by Crippen LogP contribution is 2.30. The summed E-state index contributed by atoms with van der Waals surface area (Å²) in [7, 11) is 0. The minimum Gasteiger partial charge on any atom is -0.385 e. The van der Waals surface area contributed by atoms with Gasteiger partial charge in [-0.05, 0) is 48.9 Å². The lowest BCUT2D eigenvalue weighted by Gasteiger charge is -2.21. The third-order valence-electron chi connectivity index (χ3n) is 5.20. The molecule has 2 aromatic rings. The number of benzene rings is 1. The predicted molar refractivity (Wildman–Crippen MR) is 94.2 cm³/mol. The molecule has 0 bridgehead atoms. The monoisotopic (exact) mass is 324 g/mol. The predicted octanol–water partition coefficient (Wildman–Crippen LogP) is 3.29. The van der Waals surface area contributed by atoms with Crippen LogP contribution in [0.2, 0.25) is 0 Å². The fraction of sp³-hybridized carbons (Fsp3) is 0.474. The molecule has 1 fully saturated rings. The molecule has 1 aliphatic carbocycles. The van der Waals surface area contributed by atoms with Crippen molar-refractivity contribution in [2.45, 2.75) is 51.1 Å². The molecule has 0 atom stereocenters. The number of rotatable bonds is 4. The fourth-order valence-electron chi connectivity index (χ4n) is 3.95. The first kappa shape index (κ1) is 15.2. The Kier molecular flexibility index (Phi) is 4.24. The molecule has 1 aromatic carbocycles. The number of hydrogen-bond acceptors (Lipinski definition) is 3. The average molecular weight is 324 g/mol. The molecule has 4 rings (SSSR count). The molecule has 0 radical (unpaired) electrons. The van der Waals surface area contributed by atoms with Crippen molar-refractivity contribution < 1.29 is 4.79 Å². The smallest absolute Gasteiger partial charge is 0.269 e. The Morgan fingerprint density at radius 2 is 2.12 bits per heavy atom. The Hall–Kier alpha value is -2.30. The SMILES string of the molecule is O=C(NCc1cccc2c1CCCN2)c1ccnn1C1CCCC1. The lowest BCUT2D eigenvalue weighted by molar-refractivity contribution is 0.0937.